The molecule has 26 heavy (non-hydrogen) atoms. The molecule has 0 radical (unpaired) electrons. The Labute approximate surface area is 155 Å². The van der Waals surface area contributed by atoms with Crippen molar-refractivity contribution in [2.24, 2.45) is 0 Å². The van der Waals surface area contributed by atoms with Gasteiger partial charge in [0.05, 0.1) is 27.2 Å². The Morgan fingerprint density at radius 3 is 2.85 bits per heavy atom. The molecule has 10 heteroatoms. The molecule has 3 aromatic rings. The summed E-state index contributed by atoms with van der Waals surface area (Å²) in [6.07, 6.45) is 0.0406. The van der Waals surface area contributed by atoms with E-state index < -0.39 is 18.9 Å². The van der Waals surface area contributed by atoms with Crippen LogP contribution in [0.25, 0.3) is 10.9 Å². The number of fused-ring (bicyclic) bond motifs is 1. The predicted molar refractivity (Wildman–Crippen MR) is 93.4 cm³/mol. The van der Waals surface area contributed by atoms with Crippen LogP contribution in [-0.4, -0.2) is 23.2 Å². The Bertz CT molecular complexity index is 922. The average Bonchev–Trinajstić information content (AvgIpc) is 3.01. The molecule has 2 N–H and O–H groups in total. The van der Waals surface area contributed by atoms with Crippen molar-refractivity contribution in [3.05, 3.63) is 47.0 Å². The fourth-order valence-corrected chi connectivity index (χ4v) is 3.30. The number of halogens is 5. The van der Waals surface area contributed by atoms with E-state index in [1.807, 2.05) is 0 Å². The monoisotopic (exact) mass is 405 g/mol. The molecule has 0 saturated heterocycles. The van der Waals surface area contributed by atoms with Gasteiger partial charge in [-0.25, -0.2) is 22.5 Å². The maximum Gasteiger partial charge on any atom is 0.267 e. The van der Waals surface area contributed by atoms with Crippen LogP contribution in [0.5, 0.6) is 5.75 Å². The largest absolute Gasteiger partial charge is 0.489 e. The van der Waals surface area contributed by atoms with Crippen LogP contribution in [-0.2, 0) is 0 Å². The van der Waals surface area contributed by atoms with Gasteiger partial charge < -0.3 is 14.4 Å². The molecule has 0 aliphatic carbocycles. The fraction of sp³-hybridized carbons (Fsp3) is 0.188. The van der Waals surface area contributed by atoms with Gasteiger partial charge in [-0.1, -0.05) is 17.7 Å². The van der Waals surface area contributed by atoms with Gasteiger partial charge in [-0.15, -0.1) is 0 Å². The van der Waals surface area contributed by atoms with Gasteiger partial charge in [0.2, 0.25) is 0 Å². The number of aromatic amines is 1. The third-order valence-corrected chi connectivity index (χ3v) is 4.63. The highest BCUT2D eigenvalue weighted by Gasteiger charge is 2.19. The van der Waals surface area contributed by atoms with Gasteiger partial charge >= 0.3 is 0 Å². The Morgan fingerprint density at radius 1 is 1.35 bits per heavy atom. The molecule has 1 aromatic carbocycles. The number of rotatable bonds is 7. The number of anilines is 1. The van der Waals surface area contributed by atoms with E-state index in [4.69, 9.17) is 16.3 Å². The predicted octanol–water partition coefficient (Wildman–Crippen LogP) is 5.76. The molecule has 0 atom stereocenters. The number of aromatic nitrogens is 2. The van der Waals surface area contributed by atoms with E-state index in [0.717, 1.165) is 18.0 Å². The second-order valence-electron chi connectivity index (χ2n) is 5.08. The van der Waals surface area contributed by atoms with E-state index in [1.165, 1.54) is 18.5 Å². The number of H-pyrrole nitrogens is 1. The highest BCUT2D eigenvalue weighted by molar-refractivity contribution is 8.00. The zero-order valence-electron chi connectivity index (χ0n) is 13.0. The van der Waals surface area contributed by atoms with Crippen LogP contribution in [0.3, 0.4) is 0 Å². The summed E-state index contributed by atoms with van der Waals surface area (Å²) in [5, 5.41) is 0.487. The zero-order valence-corrected chi connectivity index (χ0v) is 14.6. The van der Waals surface area contributed by atoms with Crippen LogP contribution < -0.4 is 9.46 Å². The molecule has 0 saturated carbocycles. The van der Waals surface area contributed by atoms with E-state index in [2.05, 4.69) is 14.7 Å². The van der Waals surface area contributed by atoms with E-state index in [0.29, 0.717) is 10.3 Å². The van der Waals surface area contributed by atoms with E-state index >= 15 is 0 Å². The van der Waals surface area contributed by atoms with Crippen molar-refractivity contribution in [2.75, 3.05) is 18.0 Å². The average molecular weight is 406 g/mol. The zero-order chi connectivity index (χ0) is 18.7. The number of hydrogen-bond acceptors (Lipinski definition) is 4. The minimum atomic E-state index is -2.73. The normalized spacial score (nSPS) is 11.3. The molecule has 0 aliphatic rings. The first-order valence-electron chi connectivity index (χ1n) is 7.36. The van der Waals surface area contributed by atoms with Crippen molar-refractivity contribution < 1.29 is 22.3 Å². The van der Waals surface area contributed by atoms with E-state index in [9.17, 15) is 17.6 Å². The summed E-state index contributed by atoms with van der Waals surface area (Å²) in [5.74, 6) is -0.649. The van der Waals surface area contributed by atoms with Crippen molar-refractivity contribution in [1.82, 2.24) is 9.97 Å². The topological polar surface area (TPSA) is 49.9 Å². The summed E-state index contributed by atoms with van der Waals surface area (Å²) in [5.41, 5.74) is -0.0603. The molecule has 0 unspecified atom stereocenters. The lowest BCUT2D eigenvalue weighted by Gasteiger charge is -2.08. The van der Waals surface area contributed by atoms with Crippen LogP contribution in [0.4, 0.5) is 23.4 Å². The van der Waals surface area contributed by atoms with Gasteiger partial charge in [-0.05, 0) is 18.0 Å². The first kappa shape index (κ1) is 18.7. The molecule has 0 aliphatic heterocycles. The number of alkyl halides is 3. The Morgan fingerprint density at radius 2 is 2.15 bits per heavy atom. The summed E-state index contributed by atoms with van der Waals surface area (Å²) in [6.45, 7) is -0.879. The van der Waals surface area contributed by atoms with Crippen molar-refractivity contribution in [3.63, 3.8) is 0 Å². The summed E-state index contributed by atoms with van der Waals surface area (Å²) in [6, 6.07) is 4.07. The van der Waals surface area contributed by atoms with Crippen LogP contribution in [0.1, 0.15) is 12.0 Å². The molecule has 4 nitrogen and oxygen atoms in total. The first-order chi connectivity index (χ1) is 12.5. The standard InChI is InChI=1S/C16H12ClF4N3OS/c17-10-2-1-9-12(7-22-14(9)13(10)15(20)21)26-24-16-11(19)5-8(6-23-16)25-4-3-18/h1-2,5-7,15,22H,3-4H2,(H,23,24). The molecule has 3 rings (SSSR count). The van der Waals surface area contributed by atoms with Crippen molar-refractivity contribution in [2.45, 2.75) is 11.3 Å². The highest BCUT2D eigenvalue weighted by atomic mass is 35.5. The summed E-state index contributed by atoms with van der Waals surface area (Å²) in [4.78, 5) is 7.20. The van der Waals surface area contributed by atoms with Gasteiger partial charge in [0.15, 0.2) is 11.6 Å². The molecule has 0 bridgehead atoms. The molecule has 0 fully saturated rings. The van der Waals surface area contributed by atoms with Crippen LogP contribution in [0.15, 0.2) is 35.5 Å². The highest BCUT2D eigenvalue weighted by Crippen LogP contribution is 2.37. The number of nitrogens with zero attached hydrogens (tertiary/aromatic N) is 1. The maximum absolute atomic E-state index is 14.0. The number of hydrogen-bond donors (Lipinski definition) is 2. The number of nitrogens with one attached hydrogen (secondary N) is 2. The van der Waals surface area contributed by atoms with E-state index in [1.54, 1.807) is 6.07 Å². The third-order valence-electron chi connectivity index (χ3n) is 3.44. The van der Waals surface area contributed by atoms with Gasteiger partial charge in [-0.2, -0.15) is 0 Å². The molecule has 0 amide bonds. The Balaban J connectivity index is 1.79. The lowest BCUT2D eigenvalue weighted by atomic mass is 10.1. The SMILES string of the molecule is FCCOc1cnc(NSc2c[nH]c3c(C(F)F)c(Cl)ccc23)c(F)c1. The lowest BCUT2D eigenvalue weighted by Crippen LogP contribution is -2.01. The molecular weight excluding hydrogens is 394 g/mol. The summed E-state index contributed by atoms with van der Waals surface area (Å²) >= 11 is 6.84. The molecule has 2 aromatic heterocycles. The summed E-state index contributed by atoms with van der Waals surface area (Å²) < 4.78 is 60.1. The third kappa shape index (κ3) is 3.83. The van der Waals surface area contributed by atoms with Gasteiger partial charge in [-0.3, -0.25) is 0 Å². The molecule has 2 heterocycles. The number of ether oxygens (including phenoxy) is 1. The van der Waals surface area contributed by atoms with Gasteiger partial charge in [0.25, 0.3) is 6.43 Å². The van der Waals surface area contributed by atoms with Crippen LogP contribution >= 0.6 is 23.5 Å². The Hall–Kier alpha value is -2.13. The van der Waals surface area contributed by atoms with Gasteiger partial charge in [0, 0.05) is 17.6 Å². The van der Waals surface area contributed by atoms with Crippen molar-refractivity contribution in [1.29, 1.82) is 0 Å². The smallest absolute Gasteiger partial charge is 0.267 e. The van der Waals surface area contributed by atoms with Crippen LogP contribution in [0.2, 0.25) is 5.02 Å². The minimum absolute atomic E-state index is 0.0320. The van der Waals surface area contributed by atoms with E-state index in [-0.39, 0.29) is 34.3 Å². The minimum Gasteiger partial charge on any atom is -0.489 e. The fourth-order valence-electron chi connectivity index (χ4n) is 2.30. The van der Waals surface area contributed by atoms with Crippen LogP contribution in [0, 0.1) is 5.82 Å². The number of pyridine rings is 1. The summed E-state index contributed by atoms with van der Waals surface area (Å²) in [7, 11) is 0. The molecular formula is C16H12ClF4N3OS. The number of benzene rings is 1. The lowest BCUT2D eigenvalue weighted by molar-refractivity contribution is 0.153. The van der Waals surface area contributed by atoms with Gasteiger partial charge in [0.1, 0.15) is 19.0 Å². The Kier molecular flexibility index (Phi) is 5.77. The molecule has 0 spiro atoms. The second-order valence-corrected chi connectivity index (χ2v) is 6.34. The quantitative estimate of drug-likeness (QED) is 0.387. The molecule has 138 valence electrons. The second kappa shape index (κ2) is 8.05. The van der Waals surface area contributed by atoms with Crippen molar-refractivity contribution in [3.8, 4) is 5.75 Å². The maximum atomic E-state index is 14.0. The first-order valence-corrected chi connectivity index (χ1v) is 8.55. The van der Waals surface area contributed by atoms with Crippen molar-refractivity contribution >= 4 is 40.3 Å².